The second kappa shape index (κ2) is 2.49. The molecule has 0 atom stereocenters. The van der Waals surface area contributed by atoms with Crippen molar-refractivity contribution in [3.8, 4) is 0 Å². The molecule has 1 aromatic heterocycles. The van der Waals surface area contributed by atoms with Crippen LogP contribution in [0.1, 0.15) is 11.7 Å². The molecule has 0 unspecified atom stereocenters. The van der Waals surface area contributed by atoms with Crippen LogP contribution in [-0.4, -0.2) is 4.98 Å². The van der Waals surface area contributed by atoms with E-state index in [1.807, 2.05) is 6.92 Å². The van der Waals surface area contributed by atoms with Crippen molar-refractivity contribution in [1.82, 2.24) is 4.98 Å². The van der Waals surface area contributed by atoms with Crippen molar-refractivity contribution >= 4 is 15.9 Å². The van der Waals surface area contributed by atoms with Crippen molar-refractivity contribution in [2.75, 3.05) is 0 Å². The van der Waals surface area contributed by atoms with Gasteiger partial charge in [-0.2, -0.15) is 0 Å². The Morgan fingerprint density at radius 3 is 2.67 bits per heavy atom. The first-order valence-corrected chi connectivity index (χ1v) is 3.35. The lowest BCUT2D eigenvalue weighted by Crippen LogP contribution is -1.95. The molecule has 1 heterocycles. The SMILES string of the molecule is Cc1oc(CN)nc1Br. The van der Waals surface area contributed by atoms with E-state index in [9.17, 15) is 0 Å². The highest BCUT2D eigenvalue weighted by Crippen LogP contribution is 2.14. The standard InChI is InChI=1S/C5H7BrN2O/c1-3-5(6)8-4(2-7)9-3/h2,7H2,1H3. The maximum absolute atomic E-state index is 5.25. The summed E-state index contributed by atoms with van der Waals surface area (Å²) in [5.41, 5.74) is 5.25. The second-order valence-corrected chi connectivity index (χ2v) is 2.41. The Labute approximate surface area is 61.4 Å². The number of nitrogens with two attached hydrogens (primary N) is 1. The summed E-state index contributed by atoms with van der Waals surface area (Å²) in [4.78, 5) is 3.95. The molecule has 2 N–H and O–H groups in total. The van der Waals surface area contributed by atoms with Gasteiger partial charge in [0.2, 0.25) is 5.89 Å². The number of halogens is 1. The molecule has 0 aliphatic rings. The Bertz CT molecular complexity index is 189. The molecule has 0 spiro atoms. The van der Waals surface area contributed by atoms with Gasteiger partial charge in [-0.15, -0.1) is 0 Å². The van der Waals surface area contributed by atoms with Crippen LogP contribution >= 0.6 is 15.9 Å². The third-order valence-electron chi connectivity index (χ3n) is 0.959. The molecule has 0 radical (unpaired) electrons. The van der Waals surface area contributed by atoms with Crippen molar-refractivity contribution in [3.63, 3.8) is 0 Å². The lowest BCUT2D eigenvalue weighted by Gasteiger charge is -1.80. The van der Waals surface area contributed by atoms with Crippen molar-refractivity contribution in [3.05, 3.63) is 16.3 Å². The van der Waals surface area contributed by atoms with E-state index in [4.69, 9.17) is 10.2 Å². The molecule has 0 bridgehead atoms. The largest absolute Gasteiger partial charge is 0.443 e. The Balaban J connectivity index is 2.98. The number of hydrogen-bond donors (Lipinski definition) is 1. The molecule has 0 amide bonds. The monoisotopic (exact) mass is 190 g/mol. The number of nitrogens with zero attached hydrogens (tertiary/aromatic N) is 1. The van der Waals surface area contributed by atoms with E-state index in [1.165, 1.54) is 0 Å². The van der Waals surface area contributed by atoms with Crippen LogP contribution in [0.25, 0.3) is 0 Å². The molecule has 4 heteroatoms. The van der Waals surface area contributed by atoms with Crippen molar-refractivity contribution in [2.24, 2.45) is 5.73 Å². The first kappa shape index (κ1) is 6.77. The number of aryl methyl sites for hydroxylation is 1. The van der Waals surface area contributed by atoms with E-state index in [2.05, 4.69) is 20.9 Å². The molecule has 0 saturated heterocycles. The average Bonchev–Trinajstić information content (AvgIpc) is 2.13. The minimum absolute atomic E-state index is 0.354. The first-order valence-electron chi connectivity index (χ1n) is 2.56. The van der Waals surface area contributed by atoms with E-state index < -0.39 is 0 Å². The van der Waals surface area contributed by atoms with Crippen LogP contribution < -0.4 is 5.73 Å². The normalized spacial score (nSPS) is 10.1. The zero-order valence-corrected chi connectivity index (χ0v) is 6.60. The second-order valence-electron chi connectivity index (χ2n) is 1.66. The van der Waals surface area contributed by atoms with Crippen LogP contribution in [0, 0.1) is 6.92 Å². The molecular formula is C5H7BrN2O. The zero-order chi connectivity index (χ0) is 6.85. The summed E-state index contributed by atoms with van der Waals surface area (Å²) in [7, 11) is 0. The minimum atomic E-state index is 0.354. The third kappa shape index (κ3) is 1.31. The van der Waals surface area contributed by atoms with Gasteiger partial charge in [0.05, 0.1) is 6.54 Å². The fourth-order valence-corrected chi connectivity index (χ4v) is 0.796. The van der Waals surface area contributed by atoms with E-state index in [1.54, 1.807) is 0 Å². The van der Waals surface area contributed by atoms with Gasteiger partial charge in [0.1, 0.15) is 10.4 Å². The highest BCUT2D eigenvalue weighted by atomic mass is 79.9. The van der Waals surface area contributed by atoms with Crippen molar-refractivity contribution < 1.29 is 4.42 Å². The fraction of sp³-hybridized carbons (Fsp3) is 0.400. The van der Waals surface area contributed by atoms with E-state index >= 15 is 0 Å². The number of hydrogen-bond acceptors (Lipinski definition) is 3. The number of aromatic nitrogens is 1. The summed E-state index contributed by atoms with van der Waals surface area (Å²) < 4.78 is 5.82. The maximum Gasteiger partial charge on any atom is 0.209 e. The van der Waals surface area contributed by atoms with Gasteiger partial charge in [0, 0.05) is 0 Å². The summed E-state index contributed by atoms with van der Waals surface area (Å²) >= 11 is 3.20. The summed E-state index contributed by atoms with van der Waals surface area (Å²) in [6.07, 6.45) is 0. The summed E-state index contributed by atoms with van der Waals surface area (Å²) in [6, 6.07) is 0. The molecule has 0 aliphatic carbocycles. The van der Waals surface area contributed by atoms with Gasteiger partial charge in [-0.3, -0.25) is 0 Å². The predicted octanol–water partition coefficient (Wildman–Crippen LogP) is 1.20. The summed E-state index contributed by atoms with van der Waals surface area (Å²) in [5, 5.41) is 0. The molecular weight excluding hydrogens is 184 g/mol. The lowest BCUT2D eigenvalue weighted by molar-refractivity contribution is 0.473. The third-order valence-corrected chi connectivity index (χ3v) is 1.69. The first-order chi connectivity index (χ1) is 4.24. The molecule has 0 aromatic carbocycles. The summed E-state index contributed by atoms with van der Waals surface area (Å²) in [5.74, 6) is 1.34. The van der Waals surface area contributed by atoms with E-state index in [0.29, 0.717) is 12.4 Å². The van der Waals surface area contributed by atoms with Crippen LogP contribution in [0.15, 0.2) is 9.02 Å². The van der Waals surface area contributed by atoms with Gasteiger partial charge in [0.15, 0.2) is 0 Å². The Morgan fingerprint density at radius 1 is 1.78 bits per heavy atom. The minimum Gasteiger partial charge on any atom is -0.443 e. The molecule has 0 aliphatic heterocycles. The molecule has 1 aromatic rings. The van der Waals surface area contributed by atoms with E-state index in [-0.39, 0.29) is 0 Å². The van der Waals surface area contributed by atoms with Crippen molar-refractivity contribution in [1.29, 1.82) is 0 Å². The molecule has 0 fully saturated rings. The number of oxazole rings is 1. The summed E-state index contributed by atoms with van der Waals surface area (Å²) in [6.45, 7) is 2.18. The molecule has 1 rings (SSSR count). The molecule has 3 nitrogen and oxygen atoms in total. The zero-order valence-electron chi connectivity index (χ0n) is 5.02. The Morgan fingerprint density at radius 2 is 2.44 bits per heavy atom. The highest BCUT2D eigenvalue weighted by molar-refractivity contribution is 9.10. The number of rotatable bonds is 1. The molecule has 9 heavy (non-hydrogen) atoms. The van der Waals surface area contributed by atoms with Gasteiger partial charge in [-0.1, -0.05) is 0 Å². The topological polar surface area (TPSA) is 52.0 Å². The van der Waals surface area contributed by atoms with Gasteiger partial charge in [-0.25, -0.2) is 4.98 Å². The fourth-order valence-electron chi connectivity index (χ4n) is 0.517. The van der Waals surface area contributed by atoms with Gasteiger partial charge in [-0.05, 0) is 22.9 Å². The van der Waals surface area contributed by atoms with Gasteiger partial charge >= 0.3 is 0 Å². The van der Waals surface area contributed by atoms with Crippen LogP contribution in [-0.2, 0) is 6.54 Å². The predicted molar refractivity (Wildman–Crippen MR) is 36.8 cm³/mol. The molecule has 50 valence electrons. The highest BCUT2D eigenvalue weighted by Gasteiger charge is 2.02. The molecule has 0 saturated carbocycles. The quantitative estimate of drug-likeness (QED) is 0.725. The maximum atomic E-state index is 5.25. The Hall–Kier alpha value is -0.350. The lowest BCUT2D eigenvalue weighted by atomic mass is 10.6. The Kier molecular flexibility index (Phi) is 1.87. The van der Waals surface area contributed by atoms with Crippen LogP contribution in [0.4, 0.5) is 0 Å². The van der Waals surface area contributed by atoms with Crippen LogP contribution in [0.2, 0.25) is 0 Å². The smallest absolute Gasteiger partial charge is 0.209 e. The average molecular weight is 191 g/mol. The van der Waals surface area contributed by atoms with Crippen LogP contribution in [0.3, 0.4) is 0 Å². The van der Waals surface area contributed by atoms with Gasteiger partial charge < -0.3 is 10.2 Å². The van der Waals surface area contributed by atoms with Crippen molar-refractivity contribution in [2.45, 2.75) is 13.5 Å². The van der Waals surface area contributed by atoms with E-state index in [0.717, 1.165) is 10.4 Å². The van der Waals surface area contributed by atoms with Gasteiger partial charge in [0.25, 0.3) is 0 Å². The van der Waals surface area contributed by atoms with Crippen LogP contribution in [0.5, 0.6) is 0 Å².